The standard InChI is InChI=1S/C15H19N3O3/c1-9-11(7-16-21-9)15(20)17-5-4-12-13(17)6-14(19)18(12)8-10-2-3-10/h7,10,12-13H,2-6,8H2,1H3/t12-,13+/m1/s1. The fraction of sp³-hybridized carbons (Fsp3) is 0.667. The normalized spacial score (nSPS) is 28.3. The molecule has 0 aromatic carbocycles. The van der Waals surface area contributed by atoms with Gasteiger partial charge in [0.2, 0.25) is 5.91 Å². The minimum Gasteiger partial charge on any atom is -0.361 e. The molecule has 3 heterocycles. The second kappa shape index (κ2) is 4.58. The van der Waals surface area contributed by atoms with E-state index in [1.807, 2.05) is 9.80 Å². The van der Waals surface area contributed by atoms with Gasteiger partial charge in [0.15, 0.2) is 0 Å². The molecule has 6 heteroatoms. The third-order valence-electron chi connectivity index (χ3n) is 5.01. The highest BCUT2D eigenvalue weighted by Crippen LogP contribution is 2.38. The fourth-order valence-electron chi connectivity index (χ4n) is 3.65. The van der Waals surface area contributed by atoms with Crippen LogP contribution in [0.5, 0.6) is 0 Å². The van der Waals surface area contributed by atoms with E-state index in [1.54, 1.807) is 6.92 Å². The molecule has 1 aromatic heterocycles. The molecule has 2 atom stereocenters. The van der Waals surface area contributed by atoms with Crippen LogP contribution in [0.4, 0.5) is 0 Å². The smallest absolute Gasteiger partial charge is 0.259 e. The summed E-state index contributed by atoms with van der Waals surface area (Å²) >= 11 is 0. The SMILES string of the molecule is Cc1oncc1C(=O)N1CC[C@@H]2[C@@H]1CC(=O)N2CC1CC1. The summed E-state index contributed by atoms with van der Waals surface area (Å²) in [4.78, 5) is 28.7. The number of carbonyl (C=O) groups excluding carboxylic acids is 2. The highest BCUT2D eigenvalue weighted by Gasteiger charge is 2.49. The highest BCUT2D eigenvalue weighted by molar-refractivity contribution is 5.96. The van der Waals surface area contributed by atoms with Gasteiger partial charge in [0.05, 0.1) is 18.3 Å². The molecule has 0 radical (unpaired) electrons. The Morgan fingerprint density at radius 2 is 2.19 bits per heavy atom. The second-order valence-corrected chi connectivity index (χ2v) is 6.41. The molecule has 6 nitrogen and oxygen atoms in total. The van der Waals surface area contributed by atoms with E-state index in [1.165, 1.54) is 19.0 Å². The van der Waals surface area contributed by atoms with E-state index in [-0.39, 0.29) is 23.9 Å². The quantitative estimate of drug-likeness (QED) is 0.839. The van der Waals surface area contributed by atoms with Gasteiger partial charge in [0.1, 0.15) is 11.3 Å². The van der Waals surface area contributed by atoms with Crippen molar-refractivity contribution in [3.63, 3.8) is 0 Å². The lowest BCUT2D eigenvalue weighted by atomic mass is 10.1. The predicted octanol–water partition coefficient (Wildman–Crippen LogP) is 1.21. The Hall–Kier alpha value is -1.85. The van der Waals surface area contributed by atoms with Gasteiger partial charge in [0.25, 0.3) is 5.91 Å². The minimum atomic E-state index is -0.0534. The number of amides is 2. The van der Waals surface area contributed by atoms with Gasteiger partial charge in [-0.2, -0.15) is 0 Å². The number of rotatable bonds is 3. The molecule has 1 aromatic rings. The number of aromatic nitrogens is 1. The Morgan fingerprint density at radius 1 is 1.38 bits per heavy atom. The zero-order valence-electron chi connectivity index (χ0n) is 12.1. The molecule has 0 spiro atoms. The van der Waals surface area contributed by atoms with Gasteiger partial charge in [-0.25, -0.2) is 0 Å². The summed E-state index contributed by atoms with van der Waals surface area (Å²) in [7, 11) is 0. The monoisotopic (exact) mass is 289 g/mol. The molecule has 2 aliphatic heterocycles. The number of hydrogen-bond donors (Lipinski definition) is 0. The molecular formula is C15H19N3O3. The van der Waals surface area contributed by atoms with Crippen molar-refractivity contribution in [2.75, 3.05) is 13.1 Å². The van der Waals surface area contributed by atoms with Crippen LogP contribution in [-0.4, -0.2) is 51.9 Å². The van der Waals surface area contributed by atoms with Crippen LogP contribution in [0.15, 0.2) is 10.7 Å². The second-order valence-electron chi connectivity index (χ2n) is 6.41. The molecule has 2 amide bonds. The fourth-order valence-corrected chi connectivity index (χ4v) is 3.65. The molecule has 0 N–H and O–H groups in total. The molecule has 0 bridgehead atoms. The predicted molar refractivity (Wildman–Crippen MR) is 73.5 cm³/mol. The zero-order valence-corrected chi connectivity index (χ0v) is 12.1. The van der Waals surface area contributed by atoms with Crippen LogP contribution in [0.25, 0.3) is 0 Å². The molecule has 0 unspecified atom stereocenters. The third-order valence-corrected chi connectivity index (χ3v) is 5.01. The molecule has 3 aliphatic rings. The first-order chi connectivity index (χ1) is 10.1. The van der Waals surface area contributed by atoms with Crippen molar-refractivity contribution in [3.05, 3.63) is 17.5 Å². The number of hydrogen-bond acceptors (Lipinski definition) is 4. The van der Waals surface area contributed by atoms with Crippen molar-refractivity contribution >= 4 is 11.8 Å². The highest BCUT2D eigenvalue weighted by atomic mass is 16.5. The lowest BCUT2D eigenvalue weighted by molar-refractivity contribution is -0.129. The topological polar surface area (TPSA) is 66.7 Å². The van der Waals surface area contributed by atoms with Crippen LogP contribution in [0.1, 0.15) is 41.8 Å². The average Bonchev–Trinajstić information content (AvgIpc) is 2.90. The van der Waals surface area contributed by atoms with E-state index >= 15 is 0 Å². The van der Waals surface area contributed by atoms with Gasteiger partial charge < -0.3 is 14.3 Å². The van der Waals surface area contributed by atoms with Crippen molar-refractivity contribution in [1.82, 2.24) is 15.0 Å². The maximum absolute atomic E-state index is 12.6. The first-order valence-corrected chi connectivity index (χ1v) is 7.67. The number of nitrogens with zero attached hydrogens (tertiary/aromatic N) is 3. The van der Waals surface area contributed by atoms with E-state index in [0.29, 0.717) is 30.2 Å². The molecule has 2 saturated heterocycles. The van der Waals surface area contributed by atoms with Crippen LogP contribution in [0, 0.1) is 12.8 Å². The van der Waals surface area contributed by atoms with Crippen LogP contribution in [0.2, 0.25) is 0 Å². The van der Waals surface area contributed by atoms with E-state index < -0.39 is 0 Å². The maximum Gasteiger partial charge on any atom is 0.259 e. The molecule has 3 fully saturated rings. The van der Waals surface area contributed by atoms with Gasteiger partial charge in [-0.3, -0.25) is 9.59 Å². The van der Waals surface area contributed by atoms with Gasteiger partial charge in [-0.15, -0.1) is 0 Å². The maximum atomic E-state index is 12.6. The van der Waals surface area contributed by atoms with Crippen molar-refractivity contribution in [3.8, 4) is 0 Å². The van der Waals surface area contributed by atoms with Crippen molar-refractivity contribution in [2.24, 2.45) is 5.92 Å². The lowest BCUT2D eigenvalue weighted by Gasteiger charge is -2.25. The molecular weight excluding hydrogens is 270 g/mol. The van der Waals surface area contributed by atoms with Gasteiger partial charge in [0, 0.05) is 19.5 Å². The zero-order chi connectivity index (χ0) is 14.6. The van der Waals surface area contributed by atoms with Crippen molar-refractivity contribution < 1.29 is 14.1 Å². The average molecular weight is 289 g/mol. The van der Waals surface area contributed by atoms with Crippen LogP contribution >= 0.6 is 0 Å². The largest absolute Gasteiger partial charge is 0.361 e. The first kappa shape index (κ1) is 12.9. The van der Waals surface area contributed by atoms with E-state index in [4.69, 9.17) is 4.52 Å². The third kappa shape index (κ3) is 2.04. The summed E-state index contributed by atoms with van der Waals surface area (Å²) < 4.78 is 4.98. The van der Waals surface area contributed by atoms with Crippen LogP contribution < -0.4 is 0 Å². The molecule has 1 aliphatic carbocycles. The number of likely N-dealkylation sites (tertiary alicyclic amines) is 2. The van der Waals surface area contributed by atoms with Crippen LogP contribution in [-0.2, 0) is 4.79 Å². The van der Waals surface area contributed by atoms with E-state index in [2.05, 4.69) is 5.16 Å². The van der Waals surface area contributed by atoms with Gasteiger partial charge in [-0.05, 0) is 32.1 Å². The van der Waals surface area contributed by atoms with Crippen molar-refractivity contribution in [1.29, 1.82) is 0 Å². The van der Waals surface area contributed by atoms with Gasteiger partial charge >= 0.3 is 0 Å². The molecule has 4 rings (SSSR count). The summed E-state index contributed by atoms with van der Waals surface area (Å²) in [6, 6.07) is 0.236. The van der Waals surface area contributed by atoms with E-state index in [9.17, 15) is 9.59 Å². The van der Waals surface area contributed by atoms with Crippen LogP contribution in [0.3, 0.4) is 0 Å². The summed E-state index contributed by atoms with van der Waals surface area (Å²) in [5.41, 5.74) is 0.517. The Kier molecular flexibility index (Phi) is 2.80. The summed E-state index contributed by atoms with van der Waals surface area (Å²) in [5, 5.41) is 3.68. The Morgan fingerprint density at radius 3 is 2.86 bits per heavy atom. The summed E-state index contributed by atoms with van der Waals surface area (Å²) in [5.74, 6) is 1.39. The van der Waals surface area contributed by atoms with E-state index in [0.717, 1.165) is 13.0 Å². The molecule has 1 saturated carbocycles. The van der Waals surface area contributed by atoms with Gasteiger partial charge in [-0.1, -0.05) is 5.16 Å². The Balaban J connectivity index is 1.53. The summed E-state index contributed by atoms with van der Waals surface area (Å²) in [6.45, 7) is 3.34. The Labute approximate surface area is 123 Å². The lowest BCUT2D eigenvalue weighted by Crippen LogP contribution is -2.40. The molecule has 112 valence electrons. The number of fused-ring (bicyclic) bond motifs is 1. The number of carbonyl (C=O) groups is 2. The minimum absolute atomic E-state index is 0.0260. The van der Waals surface area contributed by atoms with Crippen molar-refractivity contribution in [2.45, 2.75) is 44.7 Å². The molecule has 21 heavy (non-hydrogen) atoms. The number of aryl methyl sites for hydroxylation is 1. The summed E-state index contributed by atoms with van der Waals surface area (Å²) in [6.07, 6.45) is 5.31. The Bertz CT molecular complexity index is 593. The first-order valence-electron chi connectivity index (χ1n) is 7.67.